The monoisotopic (exact) mass is 329 g/mol. The topological polar surface area (TPSA) is 41.5 Å². The van der Waals surface area contributed by atoms with Gasteiger partial charge in [-0.15, -0.1) is 0 Å². The molecule has 1 aromatic carbocycles. The molecule has 0 bridgehead atoms. The van der Waals surface area contributed by atoms with Gasteiger partial charge in [-0.3, -0.25) is 0 Å². The summed E-state index contributed by atoms with van der Waals surface area (Å²) in [4.78, 5) is 0. The highest BCUT2D eigenvalue weighted by molar-refractivity contribution is 6.30. The number of hydrogen-bond acceptors (Lipinski definition) is 3. The number of rotatable bonds is 7. The van der Waals surface area contributed by atoms with E-state index in [1.807, 2.05) is 0 Å². The highest BCUT2D eigenvalue weighted by Crippen LogP contribution is 2.29. The van der Waals surface area contributed by atoms with E-state index in [0.717, 1.165) is 32.4 Å². The van der Waals surface area contributed by atoms with Crippen LogP contribution in [0.2, 0.25) is 5.02 Å². The molecule has 0 aliphatic carbocycles. The molecule has 2 N–H and O–H groups in total. The first-order valence-corrected chi connectivity index (χ1v) is 8.36. The molecule has 124 valence electrons. The average molecular weight is 330 g/mol. The van der Waals surface area contributed by atoms with E-state index in [9.17, 15) is 9.50 Å². The first-order chi connectivity index (χ1) is 10.6. The molecule has 1 saturated heterocycles. The summed E-state index contributed by atoms with van der Waals surface area (Å²) in [5.74, 6) is -0.0781. The summed E-state index contributed by atoms with van der Waals surface area (Å²) in [5, 5.41) is 13.7. The Morgan fingerprint density at radius 1 is 1.45 bits per heavy atom. The number of ether oxygens (including phenoxy) is 1. The van der Waals surface area contributed by atoms with Crippen molar-refractivity contribution in [3.8, 4) is 0 Å². The third-order valence-electron chi connectivity index (χ3n) is 4.46. The maximum atomic E-state index is 14.0. The van der Waals surface area contributed by atoms with Gasteiger partial charge in [0.2, 0.25) is 0 Å². The second-order valence-electron chi connectivity index (χ2n) is 5.97. The molecule has 0 radical (unpaired) electrons. The Balaban J connectivity index is 1.84. The van der Waals surface area contributed by atoms with Gasteiger partial charge in [-0.2, -0.15) is 0 Å². The third kappa shape index (κ3) is 4.66. The summed E-state index contributed by atoms with van der Waals surface area (Å²) < 4.78 is 19.5. The van der Waals surface area contributed by atoms with Crippen LogP contribution in [-0.2, 0) is 4.74 Å². The molecule has 0 spiro atoms. The normalized spacial score (nSPS) is 21.5. The van der Waals surface area contributed by atoms with Crippen molar-refractivity contribution >= 4 is 11.6 Å². The van der Waals surface area contributed by atoms with Crippen LogP contribution >= 0.6 is 11.6 Å². The van der Waals surface area contributed by atoms with Crippen molar-refractivity contribution in [2.24, 2.45) is 5.92 Å². The summed E-state index contributed by atoms with van der Waals surface area (Å²) in [6.45, 7) is 1.93. The number of nitrogens with one attached hydrogen (secondary N) is 1. The number of halogens is 2. The van der Waals surface area contributed by atoms with E-state index in [-0.39, 0.29) is 17.2 Å². The van der Waals surface area contributed by atoms with Gasteiger partial charge in [-0.1, -0.05) is 23.7 Å². The number of aliphatic hydroxyl groups excluding tert-OH is 1. The summed E-state index contributed by atoms with van der Waals surface area (Å²) in [6, 6.07) is 4.97. The summed E-state index contributed by atoms with van der Waals surface area (Å²) in [6.07, 6.45) is 3.76. The van der Waals surface area contributed by atoms with Crippen molar-refractivity contribution in [2.75, 3.05) is 20.2 Å². The molecule has 0 saturated carbocycles. The minimum absolute atomic E-state index is 0.118. The van der Waals surface area contributed by atoms with Gasteiger partial charge >= 0.3 is 0 Å². The van der Waals surface area contributed by atoms with Gasteiger partial charge in [0.15, 0.2) is 0 Å². The number of methoxy groups -OCH3 is 1. The van der Waals surface area contributed by atoms with Crippen molar-refractivity contribution in [1.82, 2.24) is 5.32 Å². The smallest absolute Gasteiger partial charge is 0.147 e. The Hall–Kier alpha value is -0.680. The first kappa shape index (κ1) is 17.7. The molecule has 3 atom stereocenters. The summed E-state index contributed by atoms with van der Waals surface area (Å²) in [5.41, 5.74) is 0.490. The molecule has 1 aliphatic rings. The zero-order valence-electron chi connectivity index (χ0n) is 13.0. The van der Waals surface area contributed by atoms with Crippen molar-refractivity contribution < 1.29 is 14.2 Å². The van der Waals surface area contributed by atoms with Crippen molar-refractivity contribution in [3.05, 3.63) is 34.6 Å². The quantitative estimate of drug-likeness (QED) is 0.801. The molecule has 1 fully saturated rings. The lowest BCUT2D eigenvalue weighted by Gasteiger charge is -2.27. The van der Waals surface area contributed by atoms with Crippen molar-refractivity contribution in [3.63, 3.8) is 0 Å². The molecule has 2 rings (SSSR count). The van der Waals surface area contributed by atoms with E-state index in [1.54, 1.807) is 19.2 Å². The number of aliphatic hydroxyl groups is 1. The van der Waals surface area contributed by atoms with Crippen molar-refractivity contribution in [2.45, 2.75) is 44.3 Å². The van der Waals surface area contributed by atoms with Crippen LogP contribution in [0.4, 0.5) is 4.39 Å². The molecular formula is C17H25ClFNO2. The number of piperidine rings is 1. The molecule has 22 heavy (non-hydrogen) atoms. The Morgan fingerprint density at radius 3 is 2.95 bits per heavy atom. The van der Waals surface area contributed by atoms with Gasteiger partial charge in [-0.25, -0.2) is 4.39 Å². The van der Waals surface area contributed by atoms with Crippen LogP contribution in [-0.4, -0.2) is 31.4 Å². The van der Waals surface area contributed by atoms with Crippen LogP contribution in [0.1, 0.15) is 43.8 Å². The Kier molecular flexibility index (Phi) is 7.09. The largest absolute Gasteiger partial charge is 0.393 e. The SMILES string of the molecule is COC(CCCC(O)[C@@H]1CCCNC1)c1cccc(Cl)c1F. The molecule has 0 amide bonds. The van der Waals surface area contributed by atoms with Gasteiger partial charge in [0.05, 0.1) is 17.2 Å². The van der Waals surface area contributed by atoms with E-state index in [1.165, 1.54) is 6.07 Å². The van der Waals surface area contributed by atoms with Gasteiger partial charge in [-0.05, 0) is 50.6 Å². The zero-order chi connectivity index (χ0) is 15.9. The Labute approximate surface area is 136 Å². The lowest BCUT2D eigenvalue weighted by atomic mass is 9.90. The van der Waals surface area contributed by atoms with Crippen molar-refractivity contribution in [1.29, 1.82) is 0 Å². The fraction of sp³-hybridized carbons (Fsp3) is 0.647. The number of benzene rings is 1. The van der Waals surface area contributed by atoms with E-state index in [4.69, 9.17) is 16.3 Å². The van der Waals surface area contributed by atoms with Gasteiger partial charge in [0.1, 0.15) is 5.82 Å². The standard InChI is InChI=1S/C17H25ClFNO2/c1-22-16(13-6-2-7-14(18)17(13)19)9-3-8-15(21)12-5-4-10-20-11-12/h2,6-7,12,15-16,20-21H,3-5,8-11H2,1H3/t12-,15?,16?/m1/s1. The Bertz CT molecular complexity index is 466. The zero-order valence-corrected chi connectivity index (χ0v) is 13.8. The minimum atomic E-state index is -0.409. The van der Waals surface area contributed by atoms with Crippen LogP contribution in [0.15, 0.2) is 18.2 Å². The highest BCUT2D eigenvalue weighted by atomic mass is 35.5. The maximum absolute atomic E-state index is 14.0. The highest BCUT2D eigenvalue weighted by Gasteiger charge is 2.22. The van der Waals surface area contributed by atoms with Gasteiger partial charge in [0, 0.05) is 19.2 Å². The molecule has 1 aliphatic heterocycles. The molecule has 1 heterocycles. The number of hydrogen-bond donors (Lipinski definition) is 2. The fourth-order valence-corrected chi connectivity index (χ4v) is 3.31. The maximum Gasteiger partial charge on any atom is 0.147 e. The van der Waals surface area contributed by atoms with Gasteiger partial charge < -0.3 is 15.2 Å². The van der Waals surface area contributed by atoms with Crippen LogP contribution < -0.4 is 5.32 Å². The first-order valence-electron chi connectivity index (χ1n) is 7.99. The van der Waals surface area contributed by atoms with Gasteiger partial charge in [0.25, 0.3) is 0 Å². The summed E-state index contributed by atoms with van der Waals surface area (Å²) in [7, 11) is 1.58. The second-order valence-corrected chi connectivity index (χ2v) is 6.38. The molecule has 0 aromatic heterocycles. The fourth-order valence-electron chi connectivity index (χ4n) is 3.12. The second kappa shape index (κ2) is 8.82. The van der Waals surface area contributed by atoms with Crippen LogP contribution in [0.5, 0.6) is 0 Å². The van der Waals surface area contributed by atoms with E-state index in [0.29, 0.717) is 24.3 Å². The molecule has 2 unspecified atom stereocenters. The van der Waals surface area contributed by atoms with E-state index < -0.39 is 5.82 Å². The van der Waals surface area contributed by atoms with Crippen LogP contribution in [0, 0.1) is 11.7 Å². The molecule has 1 aromatic rings. The summed E-state index contributed by atoms with van der Waals surface area (Å²) >= 11 is 5.82. The Morgan fingerprint density at radius 2 is 2.27 bits per heavy atom. The molecule has 5 heteroatoms. The van der Waals surface area contributed by atoms with E-state index in [2.05, 4.69) is 5.32 Å². The molecular weight excluding hydrogens is 305 g/mol. The predicted molar refractivity (Wildman–Crippen MR) is 86.6 cm³/mol. The van der Waals surface area contributed by atoms with Crippen LogP contribution in [0.25, 0.3) is 0 Å². The average Bonchev–Trinajstić information content (AvgIpc) is 2.55. The molecule has 3 nitrogen and oxygen atoms in total. The predicted octanol–water partition coefficient (Wildman–Crippen LogP) is 3.70. The lowest BCUT2D eigenvalue weighted by molar-refractivity contribution is 0.0633. The van der Waals surface area contributed by atoms with E-state index >= 15 is 0 Å². The third-order valence-corrected chi connectivity index (χ3v) is 4.75. The van der Waals surface area contributed by atoms with Crippen LogP contribution in [0.3, 0.4) is 0 Å². The lowest BCUT2D eigenvalue weighted by Crippen LogP contribution is -2.36. The minimum Gasteiger partial charge on any atom is -0.393 e.